The Morgan fingerprint density at radius 1 is 0.857 bits per heavy atom. The molecule has 0 aromatic rings. The van der Waals surface area contributed by atoms with Gasteiger partial charge in [-0.3, -0.25) is 0 Å². The Balaban J connectivity index is -0.000000605. The van der Waals surface area contributed by atoms with Crippen LogP contribution in [0, 0.1) is 0 Å². The summed E-state index contributed by atoms with van der Waals surface area (Å²) in [7, 11) is 0. The van der Waals surface area contributed by atoms with Crippen molar-refractivity contribution in [3.8, 4) is 0 Å². The van der Waals surface area contributed by atoms with E-state index in [0.29, 0.717) is 0 Å². The summed E-state index contributed by atoms with van der Waals surface area (Å²) in [5, 5.41) is 17.2. The molecule has 0 unspecified atom stereocenters. The zero-order valence-electron chi connectivity index (χ0n) is 9.13. The smallest absolute Gasteiger partial charge is 0.332 e. The van der Waals surface area contributed by atoms with Gasteiger partial charge in [0.05, 0.1) is 0 Å². The molecule has 2 radical (unpaired) electrons. The number of aliphatic carboxylic acids is 2. The fourth-order valence-corrected chi connectivity index (χ4v) is 0.987. The molecule has 6 heteroatoms. The molecule has 0 rings (SSSR count). The number of hydrogen-bond donors (Lipinski definition) is 2. The van der Waals surface area contributed by atoms with Gasteiger partial charge in [0, 0.05) is 70.3 Å². The Kier molecular flexibility index (Phi) is 14.7. The third-order valence-corrected chi connectivity index (χ3v) is 1.59. The quantitative estimate of drug-likeness (QED) is 0.532. The Morgan fingerprint density at radius 3 is 1.14 bits per heavy atom. The first-order valence-corrected chi connectivity index (χ1v) is 3.73. The zero-order chi connectivity index (χ0) is 9.72. The van der Waals surface area contributed by atoms with Crippen molar-refractivity contribution in [1.82, 2.24) is 0 Å². The van der Waals surface area contributed by atoms with Crippen LogP contribution in [-0.4, -0.2) is 81.3 Å². The molecule has 0 heterocycles. The Hall–Kier alpha value is 0.680. The predicted octanol–water partition coefficient (Wildman–Crippen LogP) is 0.511. The minimum atomic E-state index is -1.14. The molecule has 0 saturated heterocycles. The molecule has 0 aliphatic rings. The Morgan fingerprint density at radius 2 is 1.07 bits per heavy atom. The molecule has 0 saturated carbocycles. The summed E-state index contributed by atoms with van der Waals surface area (Å²) in [5.74, 6) is -2.28. The second kappa shape index (κ2) is 10.2. The standard InChI is InChI=1S/C8H12O4.2Na/c1-3-5(7(9)10)6(4-2)8(11)12;;/h3-4H2,1-2H3,(H,9,10)(H,11,12);;. The summed E-state index contributed by atoms with van der Waals surface area (Å²) >= 11 is 0. The molecular formula is C8H12Na2O4. The van der Waals surface area contributed by atoms with Crippen molar-refractivity contribution in [1.29, 1.82) is 0 Å². The molecule has 0 fully saturated rings. The molecule has 0 aliphatic carbocycles. The van der Waals surface area contributed by atoms with Crippen molar-refractivity contribution in [3.63, 3.8) is 0 Å². The van der Waals surface area contributed by atoms with E-state index in [-0.39, 0.29) is 83.1 Å². The zero-order valence-corrected chi connectivity index (χ0v) is 13.1. The SMILES string of the molecule is CCC(C(=O)O)=C(CC)C(=O)O.[Na].[Na]. The second-order valence-electron chi connectivity index (χ2n) is 2.27. The van der Waals surface area contributed by atoms with Crippen LogP contribution in [0.5, 0.6) is 0 Å². The van der Waals surface area contributed by atoms with Crippen LogP contribution in [0.3, 0.4) is 0 Å². The maximum Gasteiger partial charge on any atom is 0.332 e. The van der Waals surface area contributed by atoms with E-state index in [9.17, 15) is 9.59 Å². The maximum atomic E-state index is 10.5. The van der Waals surface area contributed by atoms with Gasteiger partial charge in [0.1, 0.15) is 0 Å². The van der Waals surface area contributed by atoms with Gasteiger partial charge in [-0.1, -0.05) is 13.8 Å². The molecule has 0 aromatic heterocycles. The first-order chi connectivity index (χ1) is 5.54. The normalized spacial score (nSPS) is 10.4. The van der Waals surface area contributed by atoms with E-state index in [1.54, 1.807) is 13.8 Å². The van der Waals surface area contributed by atoms with Crippen LogP contribution in [0.4, 0.5) is 0 Å². The van der Waals surface area contributed by atoms with Crippen LogP contribution in [0.1, 0.15) is 26.7 Å². The second-order valence-corrected chi connectivity index (χ2v) is 2.27. The van der Waals surface area contributed by atoms with Crippen LogP contribution >= 0.6 is 0 Å². The van der Waals surface area contributed by atoms with Gasteiger partial charge in [0.25, 0.3) is 0 Å². The number of carboxylic acids is 2. The summed E-state index contributed by atoms with van der Waals surface area (Å²) in [6.07, 6.45) is 0.482. The molecule has 4 nitrogen and oxygen atoms in total. The topological polar surface area (TPSA) is 74.6 Å². The summed E-state index contributed by atoms with van der Waals surface area (Å²) < 4.78 is 0. The summed E-state index contributed by atoms with van der Waals surface area (Å²) in [6.45, 7) is 3.25. The Labute approximate surface area is 127 Å². The maximum absolute atomic E-state index is 10.5. The third kappa shape index (κ3) is 6.22. The summed E-state index contributed by atoms with van der Waals surface area (Å²) in [5.41, 5.74) is -0.0185. The monoisotopic (exact) mass is 218 g/mol. The largest absolute Gasteiger partial charge is 0.478 e. The van der Waals surface area contributed by atoms with E-state index in [0.717, 1.165) is 0 Å². The van der Waals surface area contributed by atoms with Gasteiger partial charge in [-0.15, -0.1) is 0 Å². The van der Waals surface area contributed by atoms with Gasteiger partial charge in [-0.25, -0.2) is 9.59 Å². The number of rotatable bonds is 4. The fourth-order valence-electron chi connectivity index (χ4n) is 0.987. The molecule has 14 heavy (non-hydrogen) atoms. The molecular weight excluding hydrogens is 206 g/mol. The van der Waals surface area contributed by atoms with Crippen molar-refractivity contribution in [2.45, 2.75) is 26.7 Å². The van der Waals surface area contributed by atoms with E-state index in [4.69, 9.17) is 10.2 Å². The number of carboxylic acid groups (broad SMARTS) is 2. The van der Waals surface area contributed by atoms with E-state index in [1.807, 2.05) is 0 Å². The van der Waals surface area contributed by atoms with Crippen molar-refractivity contribution in [2.75, 3.05) is 0 Å². The minimum absolute atomic E-state index is 0. The van der Waals surface area contributed by atoms with Gasteiger partial charge < -0.3 is 10.2 Å². The van der Waals surface area contributed by atoms with Crippen molar-refractivity contribution < 1.29 is 19.8 Å². The summed E-state index contributed by atoms with van der Waals surface area (Å²) in [6, 6.07) is 0. The van der Waals surface area contributed by atoms with Crippen LogP contribution in [0.2, 0.25) is 0 Å². The Bertz CT molecular complexity index is 211. The molecule has 0 bridgehead atoms. The molecule has 0 spiro atoms. The average Bonchev–Trinajstić information content (AvgIpc) is 1.98. The molecule has 0 atom stereocenters. The first-order valence-electron chi connectivity index (χ1n) is 3.73. The van der Waals surface area contributed by atoms with E-state index < -0.39 is 11.9 Å². The van der Waals surface area contributed by atoms with Crippen molar-refractivity contribution >= 4 is 71.1 Å². The molecule has 0 aliphatic heterocycles. The van der Waals surface area contributed by atoms with Crippen LogP contribution < -0.4 is 0 Å². The van der Waals surface area contributed by atoms with Gasteiger partial charge in [0.2, 0.25) is 0 Å². The van der Waals surface area contributed by atoms with Crippen LogP contribution in [0.15, 0.2) is 11.1 Å². The van der Waals surface area contributed by atoms with E-state index >= 15 is 0 Å². The molecule has 0 amide bonds. The minimum Gasteiger partial charge on any atom is -0.478 e. The van der Waals surface area contributed by atoms with Crippen molar-refractivity contribution in [2.24, 2.45) is 0 Å². The molecule has 70 valence electrons. The van der Waals surface area contributed by atoms with Gasteiger partial charge in [0.15, 0.2) is 0 Å². The third-order valence-electron chi connectivity index (χ3n) is 1.59. The average molecular weight is 218 g/mol. The molecule has 0 aromatic carbocycles. The van der Waals surface area contributed by atoms with Crippen LogP contribution in [-0.2, 0) is 9.59 Å². The van der Waals surface area contributed by atoms with Gasteiger partial charge in [-0.2, -0.15) is 0 Å². The molecule has 2 N–H and O–H groups in total. The first kappa shape index (κ1) is 20.1. The van der Waals surface area contributed by atoms with E-state index in [1.165, 1.54) is 0 Å². The van der Waals surface area contributed by atoms with Gasteiger partial charge in [-0.05, 0) is 12.8 Å². The summed E-state index contributed by atoms with van der Waals surface area (Å²) in [4.78, 5) is 21.0. The number of hydrogen-bond acceptors (Lipinski definition) is 2. The fraction of sp³-hybridized carbons (Fsp3) is 0.500. The predicted molar refractivity (Wildman–Crippen MR) is 54.4 cm³/mol. The van der Waals surface area contributed by atoms with Crippen LogP contribution in [0.25, 0.3) is 0 Å². The number of carbonyl (C=O) groups is 2. The van der Waals surface area contributed by atoms with E-state index in [2.05, 4.69) is 0 Å². The van der Waals surface area contributed by atoms with Gasteiger partial charge >= 0.3 is 11.9 Å². The van der Waals surface area contributed by atoms with Crippen molar-refractivity contribution in [3.05, 3.63) is 11.1 Å².